The summed E-state index contributed by atoms with van der Waals surface area (Å²) < 4.78 is 62.8. The normalized spacial score (nSPS) is 12.1. The monoisotopic (exact) mass is 422 g/mol. The first-order valence-corrected chi connectivity index (χ1v) is 9.27. The van der Waals surface area contributed by atoms with Gasteiger partial charge in [-0.25, -0.2) is 8.42 Å². The van der Waals surface area contributed by atoms with Gasteiger partial charge in [-0.1, -0.05) is 31.5 Å². The summed E-state index contributed by atoms with van der Waals surface area (Å²) in [5.41, 5.74) is -5.65. The lowest BCUT2D eigenvalue weighted by atomic mass is 10.3. The minimum absolute atomic E-state index is 0.134. The molecule has 0 atom stereocenters. The molecule has 0 aromatic heterocycles. The van der Waals surface area contributed by atoms with Crippen LogP contribution in [0.4, 0.5) is 13.2 Å². The first-order chi connectivity index (χ1) is 9.18. The van der Waals surface area contributed by atoms with E-state index in [2.05, 4.69) is 47.4 Å². The molecule has 0 aliphatic rings. The van der Waals surface area contributed by atoms with Crippen molar-refractivity contribution >= 4 is 10.1 Å². The molecule has 0 heterocycles. The van der Waals surface area contributed by atoms with Gasteiger partial charge in [0.15, 0.2) is 17.8 Å². The third-order valence-electron chi connectivity index (χ3n) is 1.75. The predicted molar refractivity (Wildman–Crippen MR) is 64.9 cm³/mol. The zero-order valence-electron chi connectivity index (χ0n) is 10.6. The van der Waals surface area contributed by atoms with E-state index in [1.807, 2.05) is 0 Å². The Bertz CT molecular complexity index is 498. The van der Waals surface area contributed by atoms with Crippen molar-refractivity contribution in [3.05, 3.63) is 44.1 Å². The number of unbranched alkanes of at least 4 members (excludes halogenated alkanes) is 1. The van der Waals surface area contributed by atoms with Gasteiger partial charge in [0.2, 0.25) is 0 Å². The van der Waals surface area contributed by atoms with Gasteiger partial charge in [0, 0.05) is 0 Å². The SMILES string of the molecule is CCC/C=C/[I+]c1ccccc1.O=S(=O)([O-])C(F)(F)F. The molecule has 20 heavy (non-hydrogen) atoms. The van der Waals surface area contributed by atoms with Crippen molar-refractivity contribution in [2.45, 2.75) is 25.3 Å². The summed E-state index contributed by atoms with van der Waals surface area (Å²) in [7, 11) is -6.09. The largest absolute Gasteiger partial charge is 0.741 e. The van der Waals surface area contributed by atoms with Crippen LogP contribution in [-0.2, 0) is 10.1 Å². The summed E-state index contributed by atoms with van der Waals surface area (Å²) in [6.45, 7) is 2.21. The summed E-state index contributed by atoms with van der Waals surface area (Å²) in [5, 5.41) is 0. The van der Waals surface area contributed by atoms with E-state index in [0.717, 1.165) is 0 Å². The van der Waals surface area contributed by atoms with E-state index in [0.29, 0.717) is 0 Å². The fourth-order valence-corrected chi connectivity index (χ4v) is 2.69. The van der Waals surface area contributed by atoms with Crippen LogP contribution in [0.5, 0.6) is 0 Å². The average molecular weight is 422 g/mol. The molecule has 0 unspecified atom stereocenters. The third-order valence-corrected chi connectivity index (χ3v) is 4.62. The van der Waals surface area contributed by atoms with Crippen molar-refractivity contribution < 1.29 is 47.3 Å². The first-order valence-electron chi connectivity index (χ1n) is 5.54. The lowest BCUT2D eigenvalue weighted by Gasteiger charge is -2.08. The van der Waals surface area contributed by atoms with Crippen LogP contribution in [-0.4, -0.2) is 18.5 Å². The summed E-state index contributed by atoms with van der Waals surface area (Å²) in [6, 6.07) is 10.7. The Balaban J connectivity index is 0.000000396. The Labute approximate surface area is 126 Å². The van der Waals surface area contributed by atoms with Crippen molar-refractivity contribution in [2.75, 3.05) is 0 Å². The molecule has 1 rings (SSSR count). The molecule has 1 aromatic carbocycles. The lowest BCUT2D eigenvalue weighted by molar-refractivity contribution is -0.557. The number of hydrogen-bond acceptors (Lipinski definition) is 3. The van der Waals surface area contributed by atoms with E-state index in [-0.39, 0.29) is 21.2 Å². The molecule has 1 aromatic rings. The molecule has 0 bridgehead atoms. The second kappa shape index (κ2) is 9.35. The molecule has 3 nitrogen and oxygen atoms in total. The highest BCUT2D eigenvalue weighted by Crippen LogP contribution is 2.20. The van der Waals surface area contributed by atoms with Gasteiger partial charge >= 0.3 is 26.7 Å². The molecule has 0 saturated heterocycles. The van der Waals surface area contributed by atoms with E-state index < -0.39 is 15.6 Å². The molecule has 0 aliphatic carbocycles. The van der Waals surface area contributed by atoms with Crippen LogP contribution in [0.1, 0.15) is 19.8 Å². The average Bonchev–Trinajstić information content (AvgIpc) is 2.34. The van der Waals surface area contributed by atoms with Gasteiger partial charge in [-0.2, -0.15) is 13.2 Å². The molecule has 0 aliphatic heterocycles. The minimum atomic E-state index is -6.09. The summed E-state index contributed by atoms with van der Waals surface area (Å²) >= 11 is 0.134. The fourth-order valence-electron chi connectivity index (χ4n) is 0.834. The zero-order valence-corrected chi connectivity index (χ0v) is 13.6. The molecule has 8 heteroatoms. The molecule has 0 fully saturated rings. The van der Waals surface area contributed by atoms with Crippen LogP contribution in [0.3, 0.4) is 0 Å². The number of allylic oxidation sites excluding steroid dienone is 1. The van der Waals surface area contributed by atoms with Crippen LogP contribution >= 0.6 is 0 Å². The Morgan fingerprint density at radius 2 is 1.75 bits per heavy atom. The summed E-state index contributed by atoms with van der Waals surface area (Å²) in [4.78, 5) is 0. The van der Waals surface area contributed by atoms with Crippen LogP contribution in [0.25, 0.3) is 0 Å². The zero-order chi connectivity index (χ0) is 15.6. The van der Waals surface area contributed by atoms with Gasteiger partial charge in [0.25, 0.3) is 0 Å². The Hall–Kier alpha value is -0.610. The third kappa shape index (κ3) is 9.32. The second-order valence-electron chi connectivity index (χ2n) is 3.45. The van der Waals surface area contributed by atoms with Gasteiger partial charge in [0.05, 0.1) is 0 Å². The Morgan fingerprint density at radius 3 is 2.15 bits per heavy atom. The molecular formula is C12H14F3IO3S. The highest BCUT2D eigenvalue weighted by atomic mass is 127. The standard InChI is InChI=1S/C11H14I.CHF3O3S/c1-2-3-7-10-12-11-8-5-4-6-9-11;2-1(3,4)8(5,6)7/h4-10H,2-3H2,1H3;(H,5,6,7)/q+1;/p-1/b10-7+;. The number of rotatable bonds is 4. The van der Waals surface area contributed by atoms with Crippen LogP contribution in [0.2, 0.25) is 0 Å². The highest BCUT2D eigenvalue weighted by molar-refractivity contribution is 7.86. The second-order valence-corrected chi connectivity index (χ2v) is 7.41. The Kier molecular flexibility index (Phi) is 9.06. The predicted octanol–water partition coefficient (Wildman–Crippen LogP) is 0.310. The molecule has 0 N–H and O–H groups in total. The van der Waals surface area contributed by atoms with Crippen molar-refractivity contribution in [3.63, 3.8) is 0 Å². The summed E-state index contributed by atoms with van der Waals surface area (Å²) in [5.74, 6) is 0. The smallest absolute Gasteiger partial charge is 0.485 e. The summed E-state index contributed by atoms with van der Waals surface area (Å²) in [6.07, 6.45) is 4.79. The molecule has 0 saturated carbocycles. The van der Waals surface area contributed by atoms with Gasteiger partial charge in [-0.15, -0.1) is 0 Å². The number of hydrogen-bond donors (Lipinski definition) is 0. The lowest BCUT2D eigenvalue weighted by Crippen LogP contribution is -3.59. The Morgan fingerprint density at radius 1 is 1.25 bits per heavy atom. The van der Waals surface area contributed by atoms with Gasteiger partial charge in [-0.3, -0.25) is 0 Å². The van der Waals surface area contributed by atoms with E-state index in [1.165, 1.54) is 16.4 Å². The highest BCUT2D eigenvalue weighted by Gasteiger charge is 2.36. The van der Waals surface area contributed by atoms with Crippen molar-refractivity contribution in [1.82, 2.24) is 0 Å². The van der Waals surface area contributed by atoms with Crippen molar-refractivity contribution in [2.24, 2.45) is 0 Å². The topological polar surface area (TPSA) is 57.2 Å². The maximum absolute atomic E-state index is 10.7. The van der Waals surface area contributed by atoms with Crippen LogP contribution in [0, 0.1) is 3.57 Å². The molecule has 114 valence electrons. The number of benzene rings is 1. The molecular weight excluding hydrogens is 408 g/mol. The number of alkyl halides is 3. The van der Waals surface area contributed by atoms with Crippen molar-refractivity contribution in [3.8, 4) is 0 Å². The maximum Gasteiger partial charge on any atom is 0.485 e. The molecule has 0 spiro atoms. The van der Waals surface area contributed by atoms with Crippen molar-refractivity contribution in [1.29, 1.82) is 0 Å². The molecule has 0 radical (unpaired) electrons. The number of halogens is 4. The van der Waals surface area contributed by atoms with Gasteiger partial charge in [-0.05, 0) is 24.6 Å². The van der Waals surface area contributed by atoms with E-state index in [9.17, 15) is 13.2 Å². The van der Waals surface area contributed by atoms with E-state index in [4.69, 9.17) is 13.0 Å². The quantitative estimate of drug-likeness (QED) is 0.399. The van der Waals surface area contributed by atoms with E-state index >= 15 is 0 Å². The van der Waals surface area contributed by atoms with Gasteiger partial charge < -0.3 is 4.55 Å². The maximum atomic E-state index is 10.7. The van der Waals surface area contributed by atoms with Crippen LogP contribution < -0.4 is 21.2 Å². The minimum Gasteiger partial charge on any atom is -0.741 e. The van der Waals surface area contributed by atoms with Crippen LogP contribution in [0.15, 0.2) is 40.5 Å². The van der Waals surface area contributed by atoms with Gasteiger partial charge in [0.1, 0.15) is 0 Å². The fraction of sp³-hybridized carbons (Fsp3) is 0.333. The van der Waals surface area contributed by atoms with E-state index in [1.54, 1.807) is 0 Å². The first kappa shape index (κ1) is 19.4. The molecule has 0 amide bonds.